The van der Waals surface area contributed by atoms with Crippen LogP contribution in [0.4, 0.5) is 0 Å². The lowest BCUT2D eigenvalue weighted by Gasteiger charge is -2.20. The number of hydrogen-bond acceptors (Lipinski definition) is 7. The zero-order chi connectivity index (χ0) is 19.7. The summed E-state index contributed by atoms with van der Waals surface area (Å²) in [4.78, 5) is 12.5. The van der Waals surface area contributed by atoms with Gasteiger partial charge in [-0.1, -0.05) is 29.3 Å². The van der Waals surface area contributed by atoms with Crippen LogP contribution in [0.2, 0.25) is 5.02 Å². The van der Waals surface area contributed by atoms with E-state index in [-0.39, 0.29) is 16.5 Å². The summed E-state index contributed by atoms with van der Waals surface area (Å²) < 4.78 is 22.0. The molecule has 0 bridgehead atoms. The molecule has 0 fully saturated rings. The van der Waals surface area contributed by atoms with Gasteiger partial charge in [0.2, 0.25) is 5.89 Å². The molecule has 1 aliphatic heterocycles. The van der Waals surface area contributed by atoms with E-state index in [1.54, 1.807) is 13.0 Å². The Hall–Kier alpha value is -3.06. The SMILES string of the molecule is Cc1ccc(-c2nnc([C@@H](C)OC(=O)c3cc(Cl)c4c(c3)OCCO4)o2)cc1. The predicted molar refractivity (Wildman–Crippen MR) is 101 cm³/mol. The molecule has 7 nitrogen and oxygen atoms in total. The minimum Gasteiger partial charge on any atom is -0.486 e. The molecular formula is C20H17ClN2O5. The molecule has 0 amide bonds. The summed E-state index contributed by atoms with van der Waals surface area (Å²) in [6, 6.07) is 10.7. The van der Waals surface area contributed by atoms with Crippen molar-refractivity contribution >= 4 is 17.6 Å². The van der Waals surface area contributed by atoms with E-state index >= 15 is 0 Å². The number of aromatic nitrogens is 2. The quantitative estimate of drug-likeness (QED) is 0.600. The van der Waals surface area contributed by atoms with Crippen molar-refractivity contribution in [2.75, 3.05) is 13.2 Å². The van der Waals surface area contributed by atoms with Gasteiger partial charge in [0.1, 0.15) is 13.2 Å². The molecule has 1 aromatic heterocycles. The highest BCUT2D eigenvalue weighted by molar-refractivity contribution is 6.32. The molecule has 0 radical (unpaired) electrons. The van der Waals surface area contributed by atoms with E-state index in [9.17, 15) is 4.79 Å². The molecule has 1 atom stereocenters. The number of ether oxygens (including phenoxy) is 3. The van der Waals surface area contributed by atoms with Crippen molar-refractivity contribution in [2.45, 2.75) is 20.0 Å². The number of benzene rings is 2. The predicted octanol–water partition coefficient (Wildman–Crippen LogP) is 4.39. The maximum Gasteiger partial charge on any atom is 0.339 e. The zero-order valence-corrected chi connectivity index (χ0v) is 16.0. The van der Waals surface area contributed by atoms with Gasteiger partial charge in [0.25, 0.3) is 5.89 Å². The van der Waals surface area contributed by atoms with Crippen LogP contribution in [0.1, 0.15) is 34.8 Å². The average molecular weight is 401 g/mol. The van der Waals surface area contributed by atoms with Gasteiger partial charge in [0.15, 0.2) is 17.6 Å². The minimum absolute atomic E-state index is 0.201. The smallest absolute Gasteiger partial charge is 0.339 e. The molecule has 0 N–H and O–H groups in total. The standard InChI is InChI=1S/C20H17ClN2O5/c1-11-3-5-13(6-4-11)19-23-22-18(28-19)12(2)27-20(24)14-9-15(21)17-16(10-14)25-7-8-26-17/h3-6,9-10,12H,7-8H2,1-2H3/t12-/m1/s1. The van der Waals surface area contributed by atoms with Crippen molar-refractivity contribution in [1.82, 2.24) is 10.2 Å². The molecule has 0 saturated carbocycles. The Morgan fingerprint density at radius 2 is 1.89 bits per heavy atom. The van der Waals surface area contributed by atoms with Gasteiger partial charge in [-0.25, -0.2) is 4.79 Å². The monoisotopic (exact) mass is 400 g/mol. The third-order valence-electron chi connectivity index (χ3n) is 4.20. The van der Waals surface area contributed by atoms with Crippen LogP contribution in [0.3, 0.4) is 0 Å². The number of halogens is 1. The minimum atomic E-state index is -0.730. The van der Waals surface area contributed by atoms with Crippen molar-refractivity contribution in [2.24, 2.45) is 0 Å². The van der Waals surface area contributed by atoms with E-state index in [4.69, 9.17) is 30.2 Å². The molecule has 28 heavy (non-hydrogen) atoms. The van der Waals surface area contributed by atoms with Crippen LogP contribution >= 0.6 is 11.6 Å². The van der Waals surface area contributed by atoms with Crippen LogP contribution in [-0.4, -0.2) is 29.4 Å². The Labute approximate surface area is 166 Å². The molecule has 2 heterocycles. The first-order valence-electron chi connectivity index (χ1n) is 8.72. The summed E-state index contributed by atoms with van der Waals surface area (Å²) in [5.41, 5.74) is 2.17. The topological polar surface area (TPSA) is 83.7 Å². The second-order valence-electron chi connectivity index (χ2n) is 6.34. The molecular weight excluding hydrogens is 384 g/mol. The molecule has 0 saturated heterocycles. The maximum absolute atomic E-state index is 12.5. The van der Waals surface area contributed by atoms with Gasteiger partial charge in [-0.2, -0.15) is 0 Å². The van der Waals surface area contributed by atoms with Crippen LogP contribution in [0.15, 0.2) is 40.8 Å². The zero-order valence-electron chi connectivity index (χ0n) is 15.3. The maximum atomic E-state index is 12.5. The van der Waals surface area contributed by atoms with Gasteiger partial charge in [-0.05, 0) is 38.1 Å². The van der Waals surface area contributed by atoms with Crippen LogP contribution in [0.25, 0.3) is 11.5 Å². The fraction of sp³-hybridized carbons (Fsp3) is 0.250. The molecule has 1 aliphatic rings. The van der Waals surface area contributed by atoms with Crippen LogP contribution in [0.5, 0.6) is 11.5 Å². The molecule has 144 valence electrons. The molecule has 0 unspecified atom stereocenters. The Morgan fingerprint density at radius 3 is 2.68 bits per heavy atom. The summed E-state index contributed by atoms with van der Waals surface area (Å²) >= 11 is 6.17. The summed E-state index contributed by atoms with van der Waals surface area (Å²) in [5.74, 6) is 0.823. The number of aryl methyl sites for hydroxylation is 1. The van der Waals surface area contributed by atoms with E-state index in [0.29, 0.717) is 30.6 Å². The second-order valence-corrected chi connectivity index (χ2v) is 6.75. The van der Waals surface area contributed by atoms with Crippen molar-refractivity contribution in [3.05, 3.63) is 58.4 Å². The number of esters is 1. The first-order valence-corrected chi connectivity index (χ1v) is 9.09. The van der Waals surface area contributed by atoms with Gasteiger partial charge in [0, 0.05) is 5.56 Å². The highest BCUT2D eigenvalue weighted by atomic mass is 35.5. The average Bonchev–Trinajstić information content (AvgIpc) is 3.19. The van der Waals surface area contributed by atoms with Crippen molar-refractivity contribution in [3.8, 4) is 23.0 Å². The largest absolute Gasteiger partial charge is 0.486 e. The highest BCUT2D eigenvalue weighted by Gasteiger charge is 2.23. The van der Waals surface area contributed by atoms with Crippen LogP contribution in [0, 0.1) is 6.92 Å². The van der Waals surface area contributed by atoms with Gasteiger partial charge in [-0.15, -0.1) is 10.2 Å². The van der Waals surface area contributed by atoms with E-state index in [0.717, 1.165) is 11.1 Å². The third kappa shape index (κ3) is 3.66. The van der Waals surface area contributed by atoms with Crippen molar-refractivity contribution in [3.63, 3.8) is 0 Å². The van der Waals surface area contributed by atoms with Gasteiger partial charge in [-0.3, -0.25) is 0 Å². The first kappa shape index (κ1) is 18.3. The lowest BCUT2D eigenvalue weighted by atomic mass is 10.1. The number of fused-ring (bicyclic) bond motifs is 1. The summed E-state index contributed by atoms with van der Waals surface area (Å²) in [6.45, 7) is 4.45. The van der Waals surface area contributed by atoms with Gasteiger partial charge < -0.3 is 18.6 Å². The number of hydrogen-bond donors (Lipinski definition) is 0. The second kappa shape index (κ2) is 7.52. The molecule has 0 spiro atoms. The van der Waals surface area contributed by atoms with E-state index in [1.807, 2.05) is 31.2 Å². The summed E-state index contributed by atoms with van der Waals surface area (Å²) in [5, 5.41) is 8.30. The Morgan fingerprint density at radius 1 is 1.14 bits per heavy atom. The van der Waals surface area contributed by atoms with Crippen molar-refractivity contribution < 1.29 is 23.4 Å². The lowest BCUT2D eigenvalue weighted by Crippen LogP contribution is -2.17. The Kier molecular flexibility index (Phi) is 4.92. The highest BCUT2D eigenvalue weighted by Crippen LogP contribution is 2.38. The van der Waals surface area contributed by atoms with Gasteiger partial charge in [0.05, 0.1) is 10.6 Å². The number of rotatable bonds is 4. The number of nitrogens with zero attached hydrogens (tertiary/aromatic N) is 2. The van der Waals surface area contributed by atoms with Crippen LogP contribution in [-0.2, 0) is 4.74 Å². The Bertz CT molecular complexity index is 1020. The lowest BCUT2D eigenvalue weighted by molar-refractivity contribution is 0.0279. The fourth-order valence-electron chi connectivity index (χ4n) is 2.72. The van der Waals surface area contributed by atoms with E-state index < -0.39 is 12.1 Å². The molecule has 0 aliphatic carbocycles. The van der Waals surface area contributed by atoms with E-state index in [2.05, 4.69) is 10.2 Å². The third-order valence-corrected chi connectivity index (χ3v) is 4.48. The number of carbonyl (C=O) groups excluding carboxylic acids is 1. The Balaban J connectivity index is 1.49. The summed E-state index contributed by atoms with van der Waals surface area (Å²) in [7, 11) is 0. The molecule has 2 aromatic carbocycles. The molecule has 8 heteroatoms. The van der Waals surface area contributed by atoms with Crippen LogP contribution < -0.4 is 9.47 Å². The normalized spacial score (nSPS) is 13.8. The van der Waals surface area contributed by atoms with E-state index in [1.165, 1.54) is 6.07 Å². The van der Waals surface area contributed by atoms with Gasteiger partial charge >= 0.3 is 5.97 Å². The fourth-order valence-corrected chi connectivity index (χ4v) is 2.98. The van der Waals surface area contributed by atoms with Crippen molar-refractivity contribution in [1.29, 1.82) is 0 Å². The molecule has 3 aromatic rings. The number of carbonyl (C=O) groups is 1. The summed E-state index contributed by atoms with van der Waals surface area (Å²) in [6.07, 6.45) is -0.730. The molecule has 4 rings (SSSR count). The first-order chi connectivity index (χ1) is 13.5.